The third kappa shape index (κ3) is 5.81. The number of phosphoric ester groups is 1. The Balaban J connectivity index is 5.02. The number of nitrogens with zero attached hydrogens (tertiary/aromatic N) is 2. The number of phosphoric acid groups is 1. The van der Waals surface area contributed by atoms with Crippen molar-refractivity contribution < 1.29 is 18.1 Å². The Labute approximate surface area is 102 Å². The van der Waals surface area contributed by atoms with Gasteiger partial charge >= 0.3 is 7.82 Å². The molecule has 0 aromatic carbocycles. The molecule has 0 spiro atoms. The maximum absolute atomic E-state index is 12.2. The largest absolute Gasteiger partial charge is 0.477 e. The van der Waals surface area contributed by atoms with E-state index >= 15 is 0 Å². The normalized spacial score (nSPS) is 12.9. The maximum Gasteiger partial charge on any atom is 0.477 e. The minimum Gasteiger partial charge on any atom is -0.287 e. The molecule has 17 heavy (non-hydrogen) atoms. The third-order valence-electron chi connectivity index (χ3n) is 1.51. The van der Waals surface area contributed by atoms with Crippen molar-refractivity contribution in [3.63, 3.8) is 0 Å². The summed E-state index contributed by atoms with van der Waals surface area (Å²) in [6, 6.07) is 3.64. The van der Waals surface area contributed by atoms with Gasteiger partial charge in [-0.15, -0.1) is 0 Å². The number of hydrogen-bond acceptors (Lipinski definition) is 6. The van der Waals surface area contributed by atoms with Crippen LogP contribution >= 0.6 is 7.82 Å². The van der Waals surface area contributed by atoms with Gasteiger partial charge in [0.25, 0.3) is 0 Å². The Bertz CT molecular complexity index is 360. The molecule has 7 heteroatoms. The first-order valence-electron chi connectivity index (χ1n) is 5.08. The van der Waals surface area contributed by atoms with Gasteiger partial charge in [-0.25, -0.2) is 4.57 Å². The fourth-order valence-corrected chi connectivity index (χ4v) is 2.49. The van der Waals surface area contributed by atoms with Crippen LogP contribution in [0.4, 0.5) is 0 Å². The lowest BCUT2D eigenvalue weighted by Gasteiger charge is -2.27. The van der Waals surface area contributed by atoms with Crippen LogP contribution in [-0.4, -0.2) is 17.8 Å². The highest BCUT2D eigenvalue weighted by atomic mass is 31.2. The van der Waals surface area contributed by atoms with E-state index in [-0.39, 0.29) is 6.61 Å². The van der Waals surface area contributed by atoms with Crippen LogP contribution in [0.1, 0.15) is 34.6 Å². The molecular weight excluding hydrogens is 243 g/mol. The lowest BCUT2D eigenvalue weighted by atomic mass is 10.2. The van der Waals surface area contributed by atoms with Crippen LogP contribution in [0.5, 0.6) is 0 Å². The summed E-state index contributed by atoms with van der Waals surface area (Å²) in [6.45, 7) is 7.42. The Morgan fingerprint density at radius 1 is 1.06 bits per heavy atom. The van der Waals surface area contributed by atoms with Gasteiger partial charge in [-0.1, -0.05) is 0 Å². The highest BCUT2D eigenvalue weighted by Crippen LogP contribution is 2.55. The molecule has 0 aliphatic heterocycles. The van der Waals surface area contributed by atoms with Crippen LogP contribution < -0.4 is 0 Å². The zero-order chi connectivity index (χ0) is 13.7. The van der Waals surface area contributed by atoms with Gasteiger partial charge in [0.1, 0.15) is 0 Å². The second kappa shape index (κ2) is 5.62. The molecule has 0 fully saturated rings. The van der Waals surface area contributed by atoms with E-state index in [2.05, 4.69) is 0 Å². The van der Waals surface area contributed by atoms with Crippen LogP contribution in [0, 0.1) is 22.7 Å². The SMILES string of the molecule is CCOP(=O)(OC(C)(C)C#N)OC(C)(C)C#N. The quantitative estimate of drug-likeness (QED) is 0.682. The molecule has 0 aliphatic rings. The van der Waals surface area contributed by atoms with E-state index in [4.69, 9.17) is 24.1 Å². The molecule has 6 nitrogen and oxygen atoms in total. The molecular formula is C10H17N2O4P. The van der Waals surface area contributed by atoms with Crippen molar-refractivity contribution in [1.82, 2.24) is 0 Å². The highest BCUT2D eigenvalue weighted by Gasteiger charge is 2.40. The molecule has 96 valence electrons. The second-order valence-electron chi connectivity index (χ2n) is 4.29. The van der Waals surface area contributed by atoms with Gasteiger partial charge in [-0.05, 0) is 34.6 Å². The number of nitriles is 2. The Morgan fingerprint density at radius 2 is 1.41 bits per heavy atom. The molecule has 0 bridgehead atoms. The summed E-state index contributed by atoms with van der Waals surface area (Å²) in [5.74, 6) is 0. The molecule has 0 aromatic heterocycles. The van der Waals surface area contributed by atoms with Gasteiger partial charge in [0.15, 0.2) is 11.2 Å². The van der Waals surface area contributed by atoms with Crippen LogP contribution in [0.25, 0.3) is 0 Å². The Morgan fingerprint density at radius 3 is 1.65 bits per heavy atom. The minimum atomic E-state index is -3.94. The Hall–Kier alpha value is -0.910. The van der Waals surface area contributed by atoms with Crippen LogP contribution in [0.15, 0.2) is 0 Å². The summed E-state index contributed by atoms with van der Waals surface area (Å²) in [6.07, 6.45) is 0. The first kappa shape index (κ1) is 16.1. The van der Waals surface area contributed by atoms with Crippen LogP contribution in [0.2, 0.25) is 0 Å². The molecule has 0 rings (SSSR count). The van der Waals surface area contributed by atoms with Crippen molar-refractivity contribution in [3.05, 3.63) is 0 Å². The van der Waals surface area contributed by atoms with Gasteiger partial charge < -0.3 is 0 Å². The summed E-state index contributed by atoms with van der Waals surface area (Å²) in [4.78, 5) is 0. The van der Waals surface area contributed by atoms with Crippen LogP contribution in [0.3, 0.4) is 0 Å². The first-order chi connectivity index (χ1) is 7.60. The van der Waals surface area contributed by atoms with Crippen molar-refractivity contribution in [2.24, 2.45) is 0 Å². The van der Waals surface area contributed by atoms with Gasteiger partial charge in [0.2, 0.25) is 0 Å². The molecule has 0 N–H and O–H groups in total. The van der Waals surface area contributed by atoms with E-state index in [1.807, 2.05) is 12.1 Å². The van der Waals surface area contributed by atoms with E-state index < -0.39 is 19.0 Å². The minimum absolute atomic E-state index is 0.0836. The van der Waals surface area contributed by atoms with E-state index in [0.717, 1.165) is 0 Å². The van der Waals surface area contributed by atoms with E-state index in [9.17, 15) is 4.57 Å². The lowest BCUT2D eigenvalue weighted by molar-refractivity contribution is 0.0302. The lowest BCUT2D eigenvalue weighted by Crippen LogP contribution is -2.26. The summed E-state index contributed by atoms with van der Waals surface area (Å²) in [5.41, 5.74) is -2.65. The fourth-order valence-electron chi connectivity index (χ4n) is 0.829. The zero-order valence-corrected chi connectivity index (χ0v) is 11.6. The molecule has 0 amide bonds. The molecule has 0 unspecified atom stereocenters. The zero-order valence-electron chi connectivity index (χ0n) is 10.7. The standard InChI is InChI=1S/C10H17N2O4P/c1-6-14-17(13,15-9(2,3)7-11)16-10(4,5)8-12/h6H2,1-5H3. The Kier molecular flexibility index (Phi) is 5.32. The first-order valence-corrected chi connectivity index (χ1v) is 6.54. The molecule has 0 saturated heterocycles. The van der Waals surface area contributed by atoms with Gasteiger partial charge in [0, 0.05) is 0 Å². The summed E-state index contributed by atoms with van der Waals surface area (Å²) in [5, 5.41) is 17.6. The monoisotopic (exact) mass is 260 g/mol. The van der Waals surface area contributed by atoms with E-state index in [1.165, 1.54) is 27.7 Å². The second-order valence-corrected chi connectivity index (χ2v) is 5.81. The molecule has 0 saturated carbocycles. The van der Waals surface area contributed by atoms with Gasteiger partial charge in [-0.2, -0.15) is 10.5 Å². The predicted octanol–water partition coefficient (Wildman–Crippen LogP) is 2.77. The highest BCUT2D eigenvalue weighted by molar-refractivity contribution is 7.48. The molecule has 0 atom stereocenters. The summed E-state index contributed by atoms with van der Waals surface area (Å²) < 4.78 is 27.2. The van der Waals surface area contributed by atoms with Gasteiger partial charge in [0.05, 0.1) is 18.7 Å². The van der Waals surface area contributed by atoms with Crippen molar-refractivity contribution in [1.29, 1.82) is 10.5 Å². The topological polar surface area (TPSA) is 92.3 Å². The van der Waals surface area contributed by atoms with Crippen molar-refractivity contribution in [3.8, 4) is 12.1 Å². The smallest absolute Gasteiger partial charge is 0.287 e. The summed E-state index contributed by atoms with van der Waals surface area (Å²) >= 11 is 0. The fraction of sp³-hybridized carbons (Fsp3) is 0.800. The number of hydrogen-bond donors (Lipinski definition) is 0. The van der Waals surface area contributed by atoms with Crippen molar-refractivity contribution >= 4 is 7.82 Å². The average Bonchev–Trinajstić information content (AvgIpc) is 2.16. The maximum atomic E-state index is 12.2. The van der Waals surface area contributed by atoms with Crippen LogP contribution in [-0.2, 0) is 18.1 Å². The molecule has 0 aromatic rings. The average molecular weight is 260 g/mol. The molecule has 0 aliphatic carbocycles. The van der Waals surface area contributed by atoms with E-state index in [0.29, 0.717) is 0 Å². The molecule has 0 heterocycles. The van der Waals surface area contributed by atoms with Crippen molar-refractivity contribution in [2.75, 3.05) is 6.61 Å². The van der Waals surface area contributed by atoms with Gasteiger partial charge in [-0.3, -0.25) is 13.6 Å². The molecule has 0 radical (unpaired) electrons. The van der Waals surface area contributed by atoms with Crippen molar-refractivity contribution in [2.45, 2.75) is 45.8 Å². The predicted molar refractivity (Wildman–Crippen MR) is 60.8 cm³/mol. The number of rotatable bonds is 6. The summed E-state index contributed by atoms with van der Waals surface area (Å²) in [7, 11) is -3.94. The van der Waals surface area contributed by atoms with E-state index in [1.54, 1.807) is 6.92 Å². The third-order valence-corrected chi connectivity index (χ3v) is 3.44.